The number of benzene rings is 1. The number of Topliss-reactive ketones (excluding diaryl/α,β-unsaturated/α-hetero) is 1. The minimum absolute atomic E-state index is 0.268. The van der Waals surface area contributed by atoms with Crippen molar-refractivity contribution in [3.8, 4) is 0 Å². The highest BCUT2D eigenvalue weighted by atomic mass is 16.1. The molecule has 1 aromatic carbocycles. The number of hydrogen-bond acceptors (Lipinski definition) is 1. The van der Waals surface area contributed by atoms with Crippen molar-refractivity contribution in [3.63, 3.8) is 0 Å². The zero-order chi connectivity index (χ0) is 13.9. The number of hydrogen-bond donors (Lipinski definition) is 0. The molecule has 0 radical (unpaired) electrons. The summed E-state index contributed by atoms with van der Waals surface area (Å²) in [5.74, 6) is 1.66. The second-order valence-electron chi connectivity index (χ2n) is 7.39. The Kier molecular flexibility index (Phi) is 2.52. The summed E-state index contributed by atoms with van der Waals surface area (Å²) in [6, 6.07) is 6.52. The number of carbonyl (C=O) groups excluding carboxylic acids is 1. The Morgan fingerprint density at radius 3 is 2.70 bits per heavy atom. The van der Waals surface area contributed by atoms with Crippen molar-refractivity contribution in [2.24, 2.45) is 11.3 Å². The van der Waals surface area contributed by atoms with Gasteiger partial charge >= 0.3 is 0 Å². The summed E-state index contributed by atoms with van der Waals surface area (Å²) in [7, 11) is 0. The first-order valence-corrected chi connectivity index (χ1v) is 7.91. The molecule has 1 aromatic rings. The summed E-state index contributed by atoms with van der Waals surface area (Å²) < 4.78 is 0. The molecule has 2 atom stereocenters. The van der Waals surface area contributed by atoms with Gasteiger partial charge in [-0.15, -0.1) is 0 Å². The minimum Gasteiger partial charge on any atom is -0.294 e. The standard InChI is InChI=1S/C19H22O/c1-12(2)14-4-6-17-15(8-14)10-19(11-18(17)20)9-13-3-5-16(19)7-13/h3-4,6,8,12,16H,5,7,9-11H2,1-2H3. The molecule has 2 bridgehead atoms. The quantitative estimate of drug-likeness (QED) is 0.675. The van der Waals surface area contributed by atoms with Crippen LogP contribution < -0.4 is 0 Å². The molecular formula is C19H22O. The van der Waals surface area contributed by atoms with Crippen molar-refractivity contribution in [3.05, 3.63) is 46.5 Å². The first-order chi connectivity index (χ1) is 9.57. The summed E-state index contributed by atoms with van der Waals surface area (Å²) in [5, 5.41) is 0. The summed E-state index contributed by atoms with van der Waals surface area (Å²) in [6.07, 6.45) is 7.96. The van der Waals surface area contributed by atoms with Crippen LogP contribution in [0.15, 0.2) is 29.8 Å². The van der Waals surface area contributed by atoms with Gasteiger partial charge in [-0.3, -0.25) is 4.79 Å². The fourth-order valence-corrected chi connectivity index (χ4v) is 4.66. The maximum atomic E-state index is 12.6. The fraction of sp³-hybridized carbons (Fsp3) is 0.526. The SMILES string of the molecule is CC(C)c1ccc2c(c1)CC1(CC2=O)CC2=CCC1C2. The van der Waals surface area contributed by atoms with E-state index in [0.29, 0.717) is 11.7 Å². The maximum Gasteiger partial charge on any atom is 0.163 e. The van der Waals surface area contributed by atoms with Crippen LogP contribution in [0, 0.1) is 11.3 Å². The van der Waals surface area contributed by atoms with Gasteiger partial charge < -0.3 is 0 Å². The number of ketones is 1. The van der Waals surface area contributed by atoms with Crippen LogP contribution in [0.3, 0.4) is 0 Å². The lowest BCUT2D eigenvalue weighted by Crippen LogP contribution is -2.36. The molecule has 1 saturated carbocycles. The molecule has 3 aliphatic carbocycles. The van der Waals surface area contributed by atoms with Crippen LogP contribution in [0.5, 0.6) is 0 Å². The van der Waals surface area contributed by atoms with Gasteiger partial charge in [-0.05, 0) is 54.1 Å². The van der Waals surface area contributed by atoms with E-state index in [4.69, 9.17) is 0 Å². The molecular weight excluding hydrogens is 244 g/mol. The number of fused-ring (bicyclic) bond motifs is 4. The van der Waals surface area contributed by atoms with Crippen molar-refractivity contribution in [1.29, 1.82) is 0 Å². The number of carbonyl (C=O) groups is 1. The fourth-order valence-electron chi connectivity index (χ4n) is 4.66. The lowest BCUT2D eigenvalue weighted by Gasteiger charge is -2.39. The van der Waals surface area contributed by atoms with Crippen LogP contribution in [-0.4, -0.2) is 5.78 Å². The van der Waals surface area contributed by atoms with Gasteiger partial charge in [-0.2, -0.15) is 0 Å². The molecule has 2 unspecified atom stereocenters. The highest BCUT2D eigenvalue weighted by Gasteiger charge is 2.50. The van der Waals surface area contributed by atoms with E-state index in [1.165, 1.54) is 30.4 Å². The predicted molar refractivity (Wildman–Crippen MR) is 81.0 cm³/mol. The van der Waals surface area contributed by atoms with Crippen LogP contribution in [0.1, 0.15) is 66.9 Å². The molecule has 1 fully saturated rings. The van der Waals surface area contributed by atoms with Gasteiger partial charge in [0.25, 0.3) is 0 Å². The lowest BCUT2D eigenvalue weighted by molar-refractivity contribution is 0.0823. The van der Waals surface area contributed by atoms with E-state index < -0.39 is 0 Å². The van der Waals surface area contributed by atoms with Gasteiger partial charge in [0, 0.05) is 12.0 Å². The van der Waals surface area contributed by atoms with E-state index in [0.717, 1.165) is 24.3 Å². The Balaban J connectivity index is 1.76. The molecule has 1 spiro atoms. The molecule has 1 heteroatoms. The zero-order valence-electron chi connectivity index (χ0n) is 12.4. The van der Waals surface area contributed by atoms with Crippen molar-refractivity contribution in [2.75, 3.05) is 0 Å². The molecule has 4 rings (SSSR count). The zero-order valence-corrected chi connectivity index (χ0v) is 12.4. The summed E-state index contributed by atoms with van der Waals surface area (Å²) in [4.78, 5) is 12.6. The van der Waals surface area contributed by atoms with Gasteiger partial charge in [-0.25, -0.2) is 0 Å². The van der Waals surface area contributed by atoms with Crippen LogP contribution in [0.25, 0.3) is 0 Å². The Morgan fingerprint density at radius 1 is 1.20 bits per heavy atom. The Bertz CT molecular complexity index is 623. The number of rotatable bonds is 1. The molecule has 0 amide bonds. The molecule has 0 N–H and O–H groups in total. The molecule has 0 aliphatic heterocycles. The van der Waals surface area contributed by atoms with Crippen LogP contribution in [0.4, 0.5) is 0 Å². The van der Waals surface area contributed by atoms with Gasteiger partial charge in [-0.1, -0.05) is 43.7 Å². The normalized spacial score (nSPS) is 31.1. The van der Waals surface area contributed by atoms with Gasteiger partial charge in [0.05, 0.1) is 0 Å². The smallest absolute Gasteiger partial charge is 0.163 e. The average Bonchev–Trinajstić information content (AvgIpc) is 2.98. The monoisotopic (exact) mass is 266 g/mol. The van der Waals surface area contributed by atoms with Crippen molar-refractivity contribution in [2.45, 2.75) is 51.9 Å². The topological polar surface area (TPSA) is 17.1 Å². The largest absolute Gasteiger partial charge is 0.294 e. The summed E-state index contributed by atoms with van der Waals surface area (Å²) in [5.41, 5.74) is 5.57. The minimum atomic E-state index is 0.268. The van der Waals surface area contributed by atoms with E-state index in [9.17, 15) is 4.79 Å². The molecule has 0 aromatic heterocycles. The van der Waals surface area contributed by atoms with E-state index in [2.05, 4.69) is 38.1 Å². The maximum absolute atomic E-state index is 12.6. The second kappa shape index (κ2) is 4.07. The van der Waals surface area contributed by atoms with E-state index >= 15 is 0 Å². The Morgan fingerprint density at radius 2 is 2.05 bits per heavy atom. The van der Waals surface area contributed by atoms with Crippen LogP contribution in [0.2, 0.25) is 0 Å². The lowest BCUT2D eigenvalue weighted by atomic mass is 9.63. The highest BCUT2D eigenvalue weighted by molar-refractivity contribution is 5.99. The summed E-state index contributed by atoms with van der Waals surface area (Å²) >= 11 is 0. The molecule has 0 heterocycles. The number of allylic oxidation sites excluding steroid dienone is 2. The van der Waals surface area contributed by atoms with Gasteiger partial charge in [0.2, 0.25) is 0 Å². The summed E-state index contributed by atoms with van der Waals surface area (Å²) in [6.45, 7) is 4.45. The van der Waals surface area contributed by atoms with E-state index in [-0.39, 0.29) is 5.41 Å². The first kappa shape index (κ1) is 12.4. The van der Waals surface area contributed by atoms with Crippen LogP contribution in [-0.2, 0) is 6.42 Å². The van der Waals surface area contributed by atoms with Gasteiger partial charge in [0.1, 0.15) is 0 Å². The first-order valence-electron chi connectivity index (χ1n) is 7.91. The Hall–Kier alpha value is -1.37. The molecule has 3 aliphatic rings. The average molecular weight is 266 g/mol. The Labute approximate surface area is 121 Å². The van der Waals surface area contributed by atoms with Crippen molar-refractivity contribution in [1.82, 2.24) is 0 Å². The van der Waals surface area contributed by atoms with E-state index in [1.807, 2.05) is 0 Å². The predicted octanol–water partition coefficient (Wildman–Crippen LogP) is 4.67. The van der Waals surface area contributed by atoms with Crippen LogP contribution >= 0.6 is 0 Å². The molecule has 104 valence electrons. The highest BCUT2D eigenvalue weighted by Crippen LogP contribution is 2.58. The van der Waals surface area contributed by atoms with Crippen molar-refractivity contribution < 1.29 is 4.79 Å². The third-order valence-corrected chi connectivity index (χ3v) is 5.80. The second-order valence-corrected chi connectivity index (χ2v) is 7.39. The van der Waals surface area contributed by atoms with Gasteiger partial charge in [0.15, 0.2) is 5.78 Å². The third kappa shape index (κ3) is 1.65. The molecule has 1 nitrogen and oxygen atoms in total. The van der Waals surface area contributed by atoms with Crippen molar-refractivity contribution >= 4 is 5.78 Å². The van der Waals surface area contributed by atoms with E-state index in [1.54, 1.807) is 5.57 Å². The molecule has 0 saturated heterocycles. The third-order valence-electron chi connectivity index (χ3n) is 5.80. The molecule has 20 heavy (non-hydrogen) atoms.